The van der Waals surface area contributed by atoms with Crippen molar-refractivity contribution in [3.63, 3.8) is 0 Å². The van der Waals surface area contributed by atoms with Crippen LogP contribution in [0.25, 0.3) is 0 Å². The second-order valence-electron chi connectivity index (χ2n) is 7.61. The van der Waals surface area contributed by atoms with Crippen LogP contribution in [-0.2, 0) is 4.74 Å². The summed E-state index contributed by atoms with van der Waals surface area (Å²) in [6, 6.07) is 0.00564. The molecule has 10 heteroatoms. The minimum atomic E-state index is -4.14. The van der Waals surface area contributed by atoms with E-state index in [1.807, 2.05) is 6.92 Å². The molecule has 0 amide bonds. The Kier molecular flexibility index (Phi) is 11.4. The molecule has 0 bridgehead atoms. The number of aliphatic imine (C=N–C) groups is 1. The summed E-state index contributed by atoms with van der Waals surface area (Å²) in [5.41, 5.74) is 0. The zero-order valence-electron chi connectivity index (χ0n) is 17.1. The molecule has 0 aliphatic carbocycles. The van der Waals surface area contributed by atoms with E-state index in [1.165, 1.54) is 4.90 Å². The van der Waals surface area contributed by atoms with Crippen molar-refractivity contribution in [2.45, 2.75) is 58.0 Å². The lowest BCUT2D eigenvalue weighted by Crippen LogP contribution is -2.46. The fourth-order valence-electron chi connectivity index (χ4n) is 3.81. The van der Waals surface area contributed by atoms with E-state index in [4.69, 9.17) is 4.74 Å². The minimum Gasteiger partial charge on any atom is -0.373 e. The molecule has 0 aromatic carbocycles. The number of rotatable bonds is 7. The Balaban J connectivity index is 0.00000392. The highest BCUT2D eigenvalue weighted by Gasteiger charge is 2.34. The molecule has 3 unspecified atom stereocenters. The molecule has 2 N–H and O–H groups in total. The molecule has 2 fully saturated rings. The number of halogens is 4. The number of hydrogen-bond acceptors (Lipinski definition) is 4. The topological polar surface area (TPSA) is 52.1 Å². The van der Waals surface area contributed by atoms with Crippen LogP contribution in [0.15, 0.2) is 4.99 Å². The molecule has 2 heterocycles. The Hall–Kier alpha value is -0.330. The summed E-state index contributed by atoms with van der Waals surface area (Å²) in [5, 5.41) is 6.47. The molecule has 2 aliphatic rings. The van der Waals surface area contributed by atoms with Gasteiger partial charge >= 0.3 is 6.18 Å². The Labute approximate surface area is 183 Å². The maximum atomic E-state index is 12.5. The molecule has 0 saturated carbocycles. The largest absolute Gasteiger partial charge is 0.401 e. The predicted octanol–water partition coefficient (Wildman–Crippen LogP) is 2.30. The van der Waals surface area contributed by atoms with Gasteiger partial charge in [-0.05, 0) is 33.6 Å². The van der Waals surface area contributed by atoms with Gasteiger partial charge in [0.25, 0.3) is 0 Å². The molecule has 3 atom stereocenters. The number of likely N-dealkylation sites (tertiary alicyclic amines) is 1. The molecule has 0 aromatic heterocycles. The maximum Gasteiger partial charge on any atom is 0.401 e. The van der Waals surface area contributed by atoms with Crippen LogP contribution in [0.1, 0.15) is 33.6 Å². The Morgan fingerprint density at radius 1 is 1.14 bits per heavy atom. The van der Waals surface area contributed by atoms with Crippen LogP contribution in [-0.4, -0.2) is 92.5 Å². The standard InChI is InChI=1S/C18H34F3N5O.HI/c1-4-22-17(24-16-6-9-26(12-16)13-18(19,20)21)23-7-5-8-25-10-14(2)27-15(3)11-25;/h14-16H,4-13H2,1-3H3,(H2,22,23,24);1H. The van der Waals surface area contributed by atoms with Gasteiger partial charge in [-0.15, -0.1) is 24.0 Å². The van der Waals surface area contributed by atoms with Crippen LogP contribution in [0, 0.1) is 0 Å². The normalized spacial score (nSPS) is 27.5. The number of guanidine groups is 1. The lowest BCUT2D eigenvalue weighted by molar-refractivity contribution is -0.143. The third-order valence-electron chi connectivity index (χ3n) is 4.76. The van der Waals surface area contributed by atoms with Crippen LogP contribution in [0.5, 0.6) is 0 Å². The quantitative estimate of drug-likeness (QED) is 0.233. The second kappa shape index (κ2) is 12.4. The van der Waals surface area contributed by atoms with E-state index in [0.29, 0.717) is 32.0 Å². The van der Waals surface area contributed by atoms with Crippen molar-refractivity contribution in [3.05, 3.63) is 0 Å². The number of morpholine rings is 1. The van der Waals surface area contributed by atoms with Crippen molar-refractivity contribution in [2.24, 2.45) is 4.99 Å². The van der Waals surface area contributed by atoms with Crippen LogP contribution >= 0.6 is 24.0 Å². The van der Waals surface area contributed by atoms with Gasteiger partial charge in [-0.25, -0.2) is 0 Å². The number of alkyl halides is 3. The highest BCUT2D eigenvalue weighted by molar-refractivity contribution is 14.0. The average Bonchev–Trinajstić information content (AvgIpc) is 2.95. The first-order chi connectivity index (χ1) is 12.7. The highest BCUT2D eigenvalue weighted by atomic mass is 127. The van der Waals surface area contributed by atoms with Crippen LogP contribution in [0.3, 0.4) is 0 Å². The molecule has 0 spiro atoms. The Morgan fingerprint density at radius 3 is 2.43 bits per heavy atom. The molecule has 166 valence electrons. The summed E-state index contributed by atoms with van der Waals surface area (Å²) < 4.78 is 43.3. The lowest BCUT2D eigenvalue weighted by Gasteiger charge is -2.35. The Bertz CT molecular complexity index is 471. The number of nitrogens with one attached hydrogen (secondary N) is 2. The van der Waals surface area contributed by atoms with Gasteiger partial charge in [0, 0.05) is 51.9 Å². The van der Waals surface area contributed by atoms with Gasteiger partial charge < -0.3 is 15.4 Å². The molecule has 28 heavy (non-hydrogen) atoms. The van der Waals surface area contributed by atoms with Crippen molar-refractivity contribution in [1.82, 2.24) is 20.4 Å². The van der Waals surface area contributed by atoms with Crippen molar-refractivity contribution < 1.29 is 17.9 Å². The van der Waals surface area contributed by atoms with Gasteiger partial charge in [-0.3, -0.25) is 14.8 Å². The minimum absolute atomic E-state index is 0. The molecule has 6 nitrogen and oxygen atoms in total. The van der Waals surface area contributed by atoms with E-state index in [-0.39, 0.29) is 42.2 Å². The summed E-state index contributed by atoms with van der Waals surface area (Å²) >= 11 is 0. The highest BCUT2D eigenvalue weighted by Crippen LogP contribution is 2.19. The van der Waals surface area contributed by atoms with Gasteiger partial charge in [0.15, 0.2) is 5.96 Å². The SMILES string of the molecule is CCNC(=NCCCN1CC(C)OC(C)C1)NC1CCN(CC(F)(F)F)C1.I. The van der Waals surface area contributed by atoms with Gasteiger partial charge in [0.2, 0.25) is 0 Å². The van der Waals surface area contributed by atoms with Gasteiger partial charge in [0.05, 0.1) is 18.8 Å². The zero-order valence-corrected chi connectivity index (χ0v) is 19.4. The fraction of sp³-hybridized carbons (Fsp3) is 0.944. The van der Waals surface area contributed by atoms with Crippen molar-refractivity contribution in [3.8, 4) is 0 Å². The third-order valence-corrected chi connectivity index (χ3v) is 4.76. The molecule has 0 aromatic rings. The number of hydrogen-bond donors (Lipinski definition) is 2. The fourth-order valence-corrected chi connectivity index (χ4v) is 3.81. The summed E-state index contributed by atoms with van der Waals surface area (Å²) in [5.74, 6) is 0.695. The van der Waals surface area contributed by atoms with E-state index in [2.05, 4.69) is 34.4 Å². The van der Waals surface area contributed by atoms with Crippen molar-refractivity contribution in [2.75, 3.05) is 52.4 Å². The van der Waals surface area contributed by atoms with E-state index in [1.54, 1.807) is 0 Å². The Morgan fingerprint density at radius 2 is 1.82 bits per heavy atom. The van der Waals surface area contributed by atoms with Gasteiger partial charge in [0.1, 0.15) is 0 Å². The summed E-state index contributed by atoms with van der Waals surface area (Å²) in [6.07, 6.45) is -1.97. The molecule has 0 radical (unpaired) electrons. The van der Waals surface area contributed by atoms with E-state index < -0.39 is 12.7 Å². The lowest BCUT2D eigenvalue weighted by atomic mass is 10.2. The van der Waals surface area contributed by atoms with E-state index in [9.17, 15) is 13.2 Å². The smallest absolute Gasteiger partial charge is 0.373 e. The summed E-state index contributed by atoms with van der Waals surface area (Å²) in [7, 11) is 0. The summed E-state index contributed by atoms with van der Waals surface area (Å²) in [4.78, 5) is 8.44. The van der Waals surface area contributed by atoms with E-state index in [0.717, 1.165) is 32.6 Å². The predicted molar refractivity (Wildman–Crippen MR) is 116 cm³/mol. The average molecular weight is 521 g/mol. The number of nitrogens with zero attached hydrogens (tertiary/aromatic N) is 3. The van der Waals surface area contributed by atoms with Gasteiger partial charge in [-0.1, -0.05) is 0 Å². The molecular formula is C18H35F3IN5O. The first kappa shape index (κ1) is 25.7. The molecular weight excluding hydrogens is 486 g/mol. The first-order valence-electron chi connectivity index (χ1n) is 9.97. The van der Waals surface area contributed by atoms with Crippen LogP contribution in [0.2, 0.25) is 0 Å². The maximum absolute atomic E-state index is 12.5. The van der Waals surface area contributed by atoms with Crippen molar-refractivity contribution in [1.29, 1.82) is 0 Å². The van der Waals surface area contributed by atoms with Crippen LogP contribution in [0.4, 0.5) is 13.2 Å². The van der Waals surface area contributed by atoms with Gasteiger partial charge in [-0.2, -0.15) is 13.2 Å². The van der Waals surface area contributed by atoms with Crippen molar-refractivity contribution >= 4 is 29.9 Å². The summed E-state index contributed by atoms with van der Waals surface area (Å²) in [6.45, 7) is 10.5. The first-order valence-corrected chi connectivity index (χ1v) is 9.97. The third kappa shape index (κ3) is 9.93. The molecule has 2 aliphatic heterocycles. The second-order valence-corrected chi connectivity index (χ2v) is 7.61. The number of ether oxygens (including phenoxy) is 1. The molecule has 2 saturated heterocycles. The van der Waals surface area contributed by atoms with E-state index >= 15 is 0 Å². The zero-order chi connectivity index (χ0) is 19.9. The molecule has 2 rings (SSSR count). The monoisotopic (exact) mass is 521 g/mol. The van der Waals surface area contributed by atoms with Crippen LogP contribution < -0.4 is 10.6 Å².